The molecule has 2 aliphatic heterocycles. The highest BCUT2D eigenvalue weighted by Gasteiger charge is 2.34. The zero-order valence-electron chi connectivity index (χ0n) is 10.5. The number of hydrogen-bond donors (Lipinski definition) is 1. The molecular weight excluding hydrogens is 423 g/mol. The lowest BCUT2D eigenvalue weighted by Gasteiger charge is -2.33. The maximum atomic E-state index is 12.7. The predicted molar refractivity (Wildman–Crippen MR) is 84.8 cm³/mol. The summed E-state index contributed by atoms with van der Waals surface area (Å²) in [6, 6.07) is 2.05. The van der Waals surface area contributed by atoms with Crippen molar-refractivity contribution < 1.29 is 9.53 Å². The van der Waals surface area contributed by atoms with Crippen LogP contribution in [0.4, 0.5) is 0 Å². The van der Waals surface area contributed by atoms with Crippen molar-refractivity contribution >= 4 is 44.4 Å². The number of amides is 1. The van der Waals surface area contributed by atoms with Crippen LogP contribution in [0.2, 0.25) is 0 Å². The van der Waals surface area contributed by atoms with Crippen molar-refractivity contribution in [3.05, 3.63) is 25.2 Å². The number of hydrogen-bond acceptors (Lipinski definition) is 3. The molecule has 6 heteroatoms. The molecule has 1 N–H and O–H groups in total. The topological polar surface area (TPSA) is 41.6 Å². The smallest absolute Gasteiger partial charge is 0.258 e. The van der Waals surface area contributed by atoms with E-state index in [2.05, 4.69) is 43.8 Å². The van der Waals surface area contributed by atoms with Gasteiger partial charge in [0.25, 0.3) is 5.91 Å². The summed E-state index contributed by atoms with van der Waals surface area (Å²) >= 11 is 5.80. The molecule has 19 heavy (non-hydrogen) atoms. The van der Waals surface area contributed by atoms with Crippen molar-refractivity contribution in [2.24, 2.45) is 0 Å². The first-order valence-corrected chi connectivity index (χ1v) is 8.10. The molecule has 1 amide bonds. The van der Waals surface area contributed by atoms with Gasteiger partial charge in [-0.1, -0.05) is 0 Å². The number of rotatable bonds is 0. The van der Waals surface area contributed by atoms with Gasteiger partial charge in [-0.3, -0.25) is 4.79 Å². The molecule has 1 atom stereocenters. The van der Waals surface area contributed by atoms with Crippen molar-refractivity contribution in [1.29, 1.82) is 0 Å². The van der Waals surface area contributed by atoms with Gasteiger partial charge in [-0.05, 0) is 51.5 Å². The lowest BCUT2D eigenvalue weighted by molar-refractivity contribution is 0.0606. The summed E-state index contributed by atoms with van der Waals surface area (Å²) in [4.78, 5) is 14.6. The summed E-state index contributed by atoms with van der Waals surface area (Å²) in [6.07, 6.45) is 0. The van der Waals surface area contributed by atoms with Gasteiger partial charge in [-0.25, -0.2) is 0 Å². The Hall–Kier alpha value is -0.340. The van der Waals surface area contributed by atoms with Gasteiger partial charge in [0.05, 0.1) is 11.6 Å². The number of carbonyl (C=O) groups is 1. The van der Waals surface area contributed by atoms with E-state index in [4.69, 9.17) is 4.74 Å². The number of nitrogens with one attached hydrogen (secondary N) is 1. The van der Waals surface area contributed by atoms with Crippen LogP contribution >= 0.6 is 38.5 Å². The number of halogens is 2. The molecule has 2 aliphatic rings. The molecule has 0 unspecified atom stereocenters. The van der Waals surface area contributed by atoms with E-state index in [1.165, 1.54) is 0 Å². The Morgan fingerprint density at radius 3 is 3.16 bits per heavy atom. The van der Waals surface area contributed by atoms with Crippen molar-refractivity contribution in [2.45, 2.75) is 13.0 Å². The maximum absolute atomic E-state index is 12.7. The number of ether oxygens (including phenoxy) is 1. The fraction of sp³-hybridized carbons (Fsp3) is 0.462. The van der Waals surface area contributed by atoms with E-state index >= 15 is 0 Å². The summed E-state index contributed by atoms with van der Waals surface area (Å²) < 4.78 is 7.97. The Kier molecular flexibility index (Phi) is 3.74. The fourth-order valence-electron chi connectivity index (χ4n) is 2.59. The summed E-state index contributed by atoms with van der Waals surface area (Å²) in [7, 11) is 0. The quantitative estimate of drug-likeness (QED) is 0.634. The first-order valence-electron chi connectivity index (χ1n) is 6.22. The SMILES string of the molecule is Cc1c(Br)c(I)cc2c1OC[C@H]1CNCCN1C2=O. The van der Waals surface area contributed by atoms with Gasteiger partial charge in [0.15, 0.2) is 0 Å². The predicted octanol–water partition coefficient (Wildman–Crippen LogP) is 2.17. The minimum absolute atomic E-state index is 0.0903. The van der Waals surface area contributed by atoms with Gasteiger partial charge >= 0.3 is 0 Å². The van der Waals surface area contributed by atoms with Crippen molar-refractivity contribution in [2.75, 3.05) is 26.2 Å². The second-order valence-electron chi connectivity index (χ2n) is 4.84. The van der Waals surface area contributed by atoms with Gasteiger partial charge in [0, 0.05) is 33.2 Å². The van der Waals surface area contributed by atoms with Crippen LogP contribution in [0.25, 0.3) is 0 Å². The number of piperazine rings is 1. The first-order chi connectivity index (χ1) is 9.09. The molecule has 1 aromatic rings. The number of fused-ring (bicyclic) bond motifs is 2. The molecule has 1 aromatic carbocycles. The monoisotopic (exact) mass is 436 g/mol. The van der Waals surface area contributed by atoms with E-state index in [-0.39, 0.29) is 11.9 Å². The van der Waals surface area contributed by atoms with Crippen LogP contribution < -0.4 is 10.1 Å². The van der Waals surface area contributed by atoms with Crippen LogP contribution in [0.15, 0.2) is 10.5 Å². The van der Waals surface area contributed by atoms with E-state index in [9.17, 15) is 4.79 Å². The first kappa shape index (κ1) is 13.6. The molecule has 3 rings (SSSR count). The molecule has 102 valence electrons. The van der Waals surface area contributed by atoms with Gasteiger partial charge in [0.2, 0.25) is 0 Å². The van der Waals surface area contributed by atoms with Crippen LogP contribution in [-0.2, 0) is 0 Å². The van der Waals surface area contributed by atoms with Gasteiger partial charge in [-0.15, -0.1) is 0 Å². The Bertz CT molecular complexity index is 550. The van der Waals surface area contributed by atoms with E-state index in [1.807, 2.05) is 17.9 Å². The molecule has 0 saturated carbocycles. The van der Waals surface area contributed by atoms with Crippen LogP contribution in [0.5, 0.6) is 5.75 Å². The highest BCUT2D eigenvalue weighted by atomic mass is 127. The van der Waals surface area contributed by atoms with Crippen LogP contribution in [0, 0.1) is 10.5 Å². The second kappa shape index (κ2) is 5.21. The Morgan fingerprint density at radius 2 is 2.37 bits per heavy atom. The van der Waals surface area contributed by atoms with E-state index in [0.717, 1.165) is 39.0 Å². The average Bonchev–Trinajstić information content (AvgIpc) is 2.55. The van der Waals surface area contributed by atoms with E-state index in [0.29, 0.717) is 12.2 Å². The minimum atomic E-state index is 0.0903. The minimum Gasteiger partial charge on any atom is -0.490 e. The summed E-state index contributed by atoms with van der Waals surface area (Å²) in [6.45, 7) is 4.94. The third kappa shape index (κ3) is 2.27. The third-order valence-corrected chi connectivity index (χ3v) is 6.27. The standard InChI is InChI=1S/C13H14BrIN2O2/c1-7-11(14)10(15)4-9-12(7)19-6-8-5-16-2-3-17(8)13(9)18/h4,8,16H,2-3,5-6H2,1H3/t8-/m1/s1. The normalized spacial score (nSPS) is 22.4. The largest absolute Gasteiger partial charge is 0.490 e. The molecule has 0 spiro atoms. The van der Waals surface area contributed by atoms with Crippen LogP contribution in [0.1, 0.15) is 15.9 Å². The molecule has 0 aromatic heterocycles. The van der Waals surface area contributed by atoms with E-state index < -0.39 is 0 Å². The van der Waals surface area contributed by atoms with Gasteiger partial charge in [0.1, 0.15) is 12.4 Å². The molecule has 1 fully saturated rings. The van der Waals surface area contributed by atoms with Crippen molar-refractivity contribution in [3.63, 3.8) is 0 Å². The second-order valence-corrected chi connectivity index (χ2v) is 6.80. The molecule has 0 radical (unpaired) electrons. The Labute approximate surface area is 134 Å². The summed E-state index contributed by atoms with van der Waals surface area (Å²) in [5, 5.41) is 3.31. The lowest BCUT2D eigenvalue weighted by Crippen LogP contribution is -2.54. The Balaban J connectivity index is 2.10. The lowest BCUT2D eigenvalue weighted by atomic mass is 10.1. The average molecular weight is 437 g/mol. The summed E-state index contributed by atoms with van der Waals surface area (Å²) in [5.74, 6) is 0.819. The van der Waals surface area contributed by atoms with Crippen molar-refractivity contribution in [1.82, 2.24) is 10.2 Å². The number of benzene rings is 1. The third-order valence-electron chi connectivity index (χ3n) is 3.66. The molecule has 0 bridgehead atoms. The van der Waals surface area contributed by atoms with Gasteiger partial charge in [-0.2, -0.15) is 0 Å². The molecule has 4 nitrogen and oxygen atoms in total. The zero-order chi connectivity index (χ0) is 13.6. The van der Waals surface area contributed by atoms with E-state index in [1.54, 1.807) is 0 Å². The van der Waals surface area contributed by atoms with Gasteiger partial charge < -0.3 is 15.0 Å². The maximum Gasteiger partial charge on any atom is 0.258 e. The fourth-order valence-corrected chi connectivity index (χ4v) is 3.60. The summed E-state index contributed by atoms with van der Waals surface area (Å²) in [5.41, 5.74) is 1.69. The molecular formula is C13H14BrIN2O2. The van der Waals surface area contributed by atoms with Crippen molar-refractivity contribution in [3.8, 4) is 5.75 Å². The van der Waals surface area contributed by atoms with Crippen LogP contribution in [-0.4, -0.2) is 43.1 Å². The number of carbonyl (C=O) groups excluding carboxylic acids is 1. The molecule has 0 aliphatic carbocycles. The number of nitrogens with zero attached hydrogens (tertiary/aromatic N) is 1. The Morgan fingerprint density at radius 1 is 1.58 bits per heavy atom. The zero-order valence-corrected chi connectivity index (χ0v) is 14.2. The molecule has 2 heterocycles. The highest BCUT2D eigenvalue weighted by Crippen LogP contribution is 2.36. The van der Waals surface area contributed by atoms with Crippen LogP contribution in [0.3, 0.4) is 0 Å². The highest BCUT2D eigenvalue weighted by molar-refractivity contribution is 14.1. The molecule has 1 saturated heterocycles.